The SMILES string of the molecule is COC(=O)CC(=O)N[C@@H]1CCCC[C@H]1N. The number of carbonyl (C=O) groups is 2. The average molecular weight is 214 g/mol. The van der Waals surface area contributed by atoms with Gasteiger partial charge in [0.25, 0.3) is 0 Å². The van der Waals surface area contributed by atoms with Gasteiger partial charge in [-0.15, -0.1) is 0 Å². The van der Waals surface area contributed by atoms with Gasteiger partial charge in [0.05, 0.1) is 7.11 Å². The van der Waals surface area contributed by atoms with Gasteiger partial charge in [0.1, 0.15) is 6.42 Å². The Morgan fingerprint density at radius 3 is 2.67 bits per heavy atom. The highest BCUT2D eigenvalue weighted by atomic mass is 16.5. The molecule has 1 aliphatic rings. The van der Waals surface area contributed by atoms with E-state index in [2.05, 4.69) is 10.1 Å². The van der Waals surface area contributed by atoms with Gasteiger partial charge in [0, 0.05) is 12.1 Å². The third kappa shape index (κ3) is 3.87. The first-order valence-corrected chi connectivity index (χ1v) is 5.25. The molecule has 1 aliphatic carbocycles. The van der Waals surface area contributed by atoms with E-state index >= 15 is 0 Å². The summed E-state index contributed by atoms with van der Waals surface area (Å²) in [7, 11) is 1.27. The zero-order valence-electron chi connectivity index (χ0n) is 8.99. The number of hydrogen-bond donors (Lipinski definition) is 2. The number of rotatable bonds is 3. The highest BCUT2D eigenvalue weighted by molar-refractivity contribution is 5.94. The summed E-state index contributed by atoms with van der Waals surface area (Å²) in [4.78, 5) is 22.2. The molecule has 5 nitrogen and oxygen atoms in total. The predicted molar refractivity (Wildman–Crippen MR) is 55.0 cm³/mol. The van der Waals surface area contributed by atoms with E-state index in [1.54, 1.807) is 0 Å². The van der Waals surface area contributed by atoms with Gasteiger partial charge in [-0.05, 0) is 12.8 Å². The van der Waals surface area contributed by atoms with E-state index in [4.69, 9.17) is 5.73 Å². The Balaban J connectivity index is 2.33. The molecule has 0 unspecified atom stereocenters. The molecule has 0 bridgehead atoms. The second kappa shape index (κ2) is 5.70. The number of nitrogens with two attached hydrogens (primary N) is 1. The van der Waals surface area contributed by atoms with Crippen LogP contribution in [-0.4, -0.2) is 31.1 Å². The molecule has 0 heterocycles. The van der Waals surface area contributed by atoms with Crippen molar-refractivity contribution in [2.45, 2.75) is 44.2 Å². The van der Waals surface area contributed by atoms with Crippen LogP contribution in [0.1, 0.15) is 32.1 Å². The van der Waals surface area contributed by atoms with Crippen LogP contribution < -0.4 is 11.1 Å². The summed E-state index contributed by atoms with van der Waals surface area (Å²) in [5.41, 5.74) is 5.86. The van der Waals surface area contributed by atoms with Crippen LogP contribution in [0.3, 0.4) is 0 Å². The van der Waals surface area contributed by atoms with E-state index in [9.17, 15) is 9.59 Å². The van der Waals surface area contributed by atoms with Gasteiger partial charge in [0.2, 0.25) is 5.91 Å². The van der Waals surface area contributed by atoms with Crippen molar-refractivity contribution in [3.8, 4) is 0 Å². The number of hydrogen-bond acceptors (Lipinski definition) is 4. The topological polar surface area (TPSA) is 81.4 Å². The lowest BCUT2D eigenvalue weighted by Gasteiger charge is -2.29. The first-order valence-electron chi connectivity index (χ1n) is 5.25. The van der Waals surface area contributed by atoms with Crippen molar-refractivity contribution in [1.29, 1.82) is 0 Å². The number of esters is 1. The normalized spacial score (nSPS) is 25.7. The molecule has 1 amide bonds. The molecule has 0 aromatic heterocycles. The Kier molecular flexibility index (Phi) is 4.55. The molecule has 15 heavy (non-hydrogen) atoms. The average Bonchev–Trinajstić information content (AvgIpc) is 2.21. The van der Waals surface area contributed by atoms with Crippen LogP contribution in [0.25, 0.3) is 0 Å². The first kappa shape index (κ1) is 12.0. The van der Waals surface area contributed by atoms with Crippen LogP contribution in [-0.2, 0) is 14.3 Å². The smallest absolute Gasteiger partial charge is 0.315 e. The summed E-state index contributed by atoms with van der Waals surface area (Å²) in [6.45, 7) is 0. The monoisotopic (exact) mass is 214 g/mol. The zero-order chi connectivity index (χ0) is 11.3. The number of ether oxygens (including phenoxy) is 1. The minimum Gasteiger partial charge on any atom is -0.469 e. The summed E-state index contributed by atoms with van der Waals surface area (Å²) in [6.07, 6.45) is 3.80. The maximum absolute atomic E-state index is 11.4. The molecule has 0 spiro atoms. The summed E-state index contributed by atoms with van der Waals surface area (Å²) in [5, 5.41) is 2.77. The molecular formula is C10H18N2O3. The molecule has 2 atom stereocenters. The van der Waals surface area contributed by atoms with Crippen LogP contribution in [0.4, 0.5) is 0 Å². The molecule has 1 rings (SSSR count). The van der Waals surface area contributed by atoms with Crippen molar-refractivity contribution < 1.29 is 14.3 Å². The van der Waals surface area contributed by atoms with Crippen molar-refractivity contribution in [1.82, 2.24) is 5.32 Å². The van der Waals surface area contributed by atoms with E-state index in [0.29, 0.717) is 0 Å². The number of amides is 1. The minimum atomic E-state index is -0.517. The van der Waals surface area contributed by atoms with Crippen molar-refractivity contribution in [3.05, 3.63) is 0 Å². The van der Waals surface area contributed by atoms with Crippen molar-refractivity contribution in [2.24, 2.45) is 5.73 Å². The third-order valence-corrected chi connectivity index (χ3v) is 2.70. The lowest BCUT2D eigenvalue weighted by Crippen LogP contribution is -2.49. The largest absolute Gasteiger partial charge is 0.469 e. The predicted octanol–water partition coefficient (Wildman–Crippen LogP) is -0.0644. The maximum atomic E-state index is 11.4. The Labute approximate surface area is 89.3 Å². The van der Waals surface area contributed by atoms with Crippen LogP contribution in [0.15, 0.2) is 0 Å². The van der Waals surface area contributed by atoms with Gasteiger partial charge in [-0.3, -0.25) is 9.59 Å². The molecule has 0 saturated heterocycles. The van der Waals surface area contributed by atoms with E-state index in [1.807, 2.05) is 0 Å². The first-order chi connectivity index (χ1) is 7.13. The molecule has 1 fully saturated rings. The fourth-order valence-corrected chi connectivity index (χ4v) is 1.80. The summed E-state index contributed by atoms with van der Waals surface area (Å²) in [6, 6.07) is 0.0243. The summed E-state index contributed by atoms with van der Waals surface area (Å²) < 4.78 is 4.41. The molecule has 86 valence electrons. The number of carbonyl (C=O) groups excluding carboxylic acids is 2. The van der Waals surface area contributed by atoms with Gasteiger partial charge in [-0.25, -0.2) is 0 Å². The Bertz CT molecular complexity index is 243. The molecule has 0 aromatic carbocycles. The van der Waals surface area contributed by atoms with E-state index in [-0.39, 0.29) is 24.4 Å². The summed E-state index contributed by atoms with van der Waals surface area (Å²) in [5.74, 6) is -0.818. The maximum Gasteiger partial charge on any atom is 0.315 e. The van der Waals surface area contributed by atoms with Gasteiger partial charge in [-0.1, -0.05) is 12.8 Å². The summed E-state index contributed by atoms with van der Waals surface area (Å²) >= 11 is 0. The molecular weight excluding hydrogens is 196 g/mol. The molecule has 1 saturated carbocycles. The quantitative estimate of drug-likeness (QED) is 0.509. The second-order valence-electron chi connectivity index (χ2n) is 3.88. The van der Waals surface area contributed by atoms with Gasteiger partial charge < -0.3 is 15.8 Å². The van der Waals surface area contributed by atoms with Crippen LogP contribution >= 0.6 is 0 Å². The van der Waals surface area contributed by atoms with E-state index in [0.717, 1.165) is 25.7 Å². The van der Waals surface area contributed by atoms with Gasteiger partial charge in [0.15, 0.2) is 0 Å². The Hall–Kier alpha value is -1.10. The van der Waals surface area contributed by atoms with Crippen molar-refractivity contribution in [2.75, 3.05) is 7.11 Å². The lowest BCUT2D eigenvalue weighted by atomic mass is 9.91. The van der Waals surface area contributed by atoms with Crippen molar-refractivity contribution in [3.63, 3.8) is 0 Å². The molecule has 0 radical (unpaired) electrons. The van der Waals surface area contributed by atoms with Crippen molar-refractivity contribution >= 4 is 11.9 Å². The fourth-order valence-electron chi connectivity index (χ4n) is 1.80. The van der Waals surface area contributed by atoms with E-state index in [1.165, 1.54) is 7.11 Å². The third-order valence-electron chi connectivity index (χ3n) is 2.70. The van der Waals surface area contributed by atoms with Crippen LogP contribution in [0, 0.1) is 0 Å². The number of methoxy groups -OCH3 is 1. The van der Waals surface area contributed by atoms with Crippen LogP contribution in [0.5, 0.6) is 0 Å². The van der Waals surface area contributed by atoms with Gasteiger partial charge in [-0.2, -0.15) is 0 Å². The zero-order valence-corrected chi connectivity index (χ0v) is 8.99. The second-order valence-corrected chi connectivity index (χ2v) is 3.88. The molecule has 0 aliphatic heterocycles. The Morgan fingerprint density at radius 1 is 1.40 bits per heavy atom. The molecule has 3 N–H and O–H groups in total. The van der Waals surface area contributed by atoms with E-state index < -0.39 is 5.97 Å². The Morgan fingerprint density at radius 2 is 2.07 bits per heavy atom. The number of nitrogens with one attached hydrogen (secondary N) is 1. The van der Waals surface area contributed by atoms with Crippen LogP contribution in [0.2, 0.25) is 0 Å². The molecule has 5 heteroatoms. The highest BCUT2D eigenvalue weighted by Crippen LogP contribution is 2.16. The lowest BCUT2D eigenvalue weighted by molar-refractivity contribution is -0.144. The minimum absolute atomic E-state index is 0.0101. The fraction of sp³-hybridized carbons (Fsp3) is 0.800. The molecule has 0 aromatic rings. The standard InChI is InChI=1S/C10H18N2O3/c1-15-10(14)6-9(13)12-8-5-3-2-4-7(8)11/h7-8H,2-6,11H2,1H3,(H,12,13)/t7-,8-/m1/s1. The van der Waals surface area contributed by atoms with Gasteiger partial charge >= 0.3 is 5.97 Å². The highest BCUT2D eigenvalue weighted by Gasteiger charge is 2.23.